The average molecular weight is 172 g/mol. The summed E-state index contributed by atoms with van der Waals surface area (Å²) in [4.78, 5) is 0. The Bertz CT molecular complexity index is 100. The van der Waals surface area contributed by atoms with Crippen LogP contribution in [0.3, 0.4) is 0 Å². The Labute approximate surface area is 76.9 Å². The molecule has 0 spiro atoms. The van der Waals surface area contributed by atoms with Crippen LogP contribution in [0.15, 0.2) is 0 Å². The third-order valence-electron chi connectivity index (χ3n) is 1.95. The molecule has 2 heteroatoms. The van der Waals surface area contributed by atoms with Crippen LogP contribution in [0.5, 0.6) is 0 Å². The summed E-state index contributed by atoms with van der Waals surface area (Å²) in [6, 6.07) is 0.575. The molecule has 12 heavy (non-hydrogen) atoms. The molecular weight excluding hydrogens is 148 g/mol. The first-order chi connectivity index (χ1) is 5.56. The van der Waals surface area contributed by atoms with Crippen LogP contribution in [0.4, 0.5) is 0 Å². The van der Waals surface area contributed by atoms with Gasteiger partial charge in [-0.1, -0.05) is 27.7 Å². The second kappa shape index (κ2) is 6.44. The van der Waals surface area contributed by atoms with Gasteiger partial charge >= 0.3 is 0 Å². The minimum Gasteiger partial charge on any atom is -0.330 e. The number of rotatable bonds is 6. The predicted molar refractivity (Wildman–Crippen MR) is 55.1 cm³/mol. The molecule has 74 valence electrons. The molecule has 0 saturated carbocycles. The van der Waals surface area contributed by atoms with Gasteiger partial charge in [-0.25, -0.2) is 0 Å². The van der Waals surface area contributed by atoms with E-state index in [0.717, 1.165) is 19.0 Å². The fourth-order valence-electron chi connectivity index (χ4n) is 1.33. The molecule has 0 rings (SSSR count). The van der Waals surface area contributed by atoms with Crippen molar-refractivity contribution in [3.63, 3.8) is 0 Å². The molecule has 0 saturated heterocycles. The maximum absolute atomic E-state index is 5.67. The second-order valence-electron chi connectivity index (χ2n) is 4.29. The van der Waals surface area contributed by atoms with Crippen LogP contribution in [0.25, 0.3) is 0 Å². The number of nitrogens with two attached hydrogens (primary N) is 1. The van der Waals surface area contributed by atoms with E-state index in [1.54, 1.807) is 0 Å². The predicted octanol–water partition coefficient (Wildman–Crippen LogP) is 1.61. The molecule has 0 aromatic heterocycles. The van der Waals surface area contributed by atoms with E-state index < -0.39 is 0 Å². The second-order valence-corrected chi connectivity index (χ2v) is 4.29. The first kappa shape index (κ1) is 11.9. The van der Waals surface area contributed by atoms with E-state index in [0.29, 0.717) is 12.0 Å². The number of nitrogens with one attached hydrogen (secondary N) is 1. The normalized spacial score (nSPS) is 14.2. The van der Waals surface area contributed by atoms with E-state index in [4.69, 9.17) is 5.73 Å². The lowest BCUT2D eigenvalue weighted by Gasteiger charge is -2.19. The van der Waals surface area contributed by atoms with Crippen molar-refractivity contribution in [1.82, 2.24) is 5.32 Å². The van der Waals surface area contributed by atoms with Gasteiger partial charge in [0.25, 0.3) is 0 Å². The number of hydrogen-bond donors (Lipinski definition) is 2. The maximum Gasteiger partial charge on any atom is 0.00105 e. The Balaban J connectivity index is 3.53. The SMILES string of the molecule is CC(C)CC(CN)CNC(C)C. The topological polar surface area (TPSA) is 38.0 Å². The minimum absolute atomic E-state index is 0.575. The smallest absolute Gasteiger partial charge is 0.00105 e. The fourth-order valence-corrected chi connectivity index (χ4v) is 1.33. The Morgan fingerprint density at radius 2 is 1.75 bits per heavy atom. The molecule has 0 aromatic carbocycles. The highest BCUT2D eigenvalue weighted by atomic mass is 14.9. The third kappa shape index (κ3) is 6.62. The maximum atomic E-state index is 5.67. The first-order valence-corrected chi connectivity index (χ1v) is 4.99. The highest BCUT2D eigenvalue weighted by molar-refractivity contribution is 4.66. The summed E-state index contributed by atoms with van der Waals surface area (Å²) in [5.74, 6) is 1.40. The van der Waals surface area contributed by atoms with Gasteiger partial charge in [-0.2, -0.15) is 0 Å². The summed E-state index contributed by atoms with van der Waals surface area (Å²) in [5, 5.41) is 3.42. The Morgan fingerprint density at radius 1 is 1.17 bits per heavy atom. The van der Waals surface area contributed by atoms with E-state index in [-0.39, 0.29) is 0 Å². The molecule has 0 heterocycles. The van der Waals surface area contributed by atoms with Crippen LogP contribution in [-0.2, 0) is 0 Å². The largest absolute Gasteiger partial charge is 0.330 e. The van der Waals surface area contributed by atoms with Crippen molar-refractivity contribution in [2.75, 3.05) is 13.1 Å². The van der Waals surface area contributed by atoms with Crippen molar-refractivity contribution in [3.8, 4) is 0 Å². The van der Waals surface area contributed by atoms with Gasteiger partial charge in [0.2, 0.25) is 0 Å². The van der Waals surface area contributed by atoms with Gasteiger partial charge in [0.05, 0.1) is 0 Å². The van der Waals surface area contributed by atoms with Crippen molar-refractivity contribution in [1.29, 1.82) is 0 Å². The lowest BCUT2D eigenvalue weighted by molar-refractivity contribution is 0.382. The molecule has 0 aliphatic carbocycles. The molecule has 0 fully saturated rings. The highest BCUT2D eigenvalue weighted by Crippen LogP contribution is 2.09. The summed E-state index contributed by atoms with van der Waals surface area (Å²) in [5.41, 5.74) is 5.67. The molecule has 1 unspecified atom stereocenters. The summed E-state index contributed by atoms with van der Waals surface area (Å²) in [6.45, 7) is 10.7. The molecule has 0 radical (unpaired) electrons. The molecule has 2 nitrogen and oxygen atoms in total. The van der Waals surface area contributed by atoms with Crippen molar-refractivity contribution in [2.45, 2.75) is 40.2 Å². The van der Waals surface area contributed by atoms with Crippen LogP contribution in [0.1, 0.15) is 34.1 Å². The summed E-state index contributed by atoms with van der Waals surface area (Å²) in [6.07, 6.45) is 1.23. The molecule has 0 aliphatic heterocycles. The first-order valence-electron chi connectivity index (χ1n) is 4.99. The zero-order valence-corrected chi connectivity index (χ0v) is 8.93. The van der Waals surface area contributed by atoms with Crippen LogP contribution < -0.4 is 11.1 Å². The molecule has 1 atom stereocenters. The van der Waals surface area contributed by atoms with Gasteiger partial charge in [-0.15, -0.1) is 0 Å². The zero-order valence-electron chi connectivity index (χ0n) is 8.93. The zero-order chi connectivity index (χ0) is 9.56. The van der Waals surface area contributed by atoms with E-state index in [9.17, 15) is 0 Å². The highest BCUT2D eigenvalue weighted by Gasteiger charge is 2.08. The molecule has 0 bridgehead atoms. The van der Waals surface area contributed by atoms with E-state index in [2.05, 4.69) is 33.0 Å². The van der Waals surface area contributed by atoms with Gasteiger partial charge in [0, 0.05) is 6.04 Å². The van der Waals surface area contributed by atoms with Crippen molar-refractivity contribution >= 4 is 0 Å². The molecular formula is C10H24N2. The fraction of sp³-hybridized carbons (Fsp3) is 1.00. The molecule has 3 N–H and O–H groups in total. The van der Waals surface area contributed by atoms with Gasteiger partial charge in [-0.3, -0.25) is 0 Å². The summed E-state index contributed by atoms with van der Waals surface area (Å²) < 4.78 is 0. The van der Waals surface area contributed by atoms with Crippen LogP contribution in [0.2, 0.25) is 0 Å². The van der Waals surface area contributed by atoms with Crippen molar-refractivity contribution < 1.29 is 0 Å². The Kier molecular flexibility index (Phi) is 6.39. The Morgan fingerprint density at radius 3 is 2.08 bits per heavy atom. The minimum atomic E-state index is 0.575. The molecule has 0 amide bonds. The van der Waals surface area contributed by atoms with E-state index >= 15 is 0 Å². The van der Waals surface area contributed by atoms with E-state index in [1.165, 1.54) is 6.42 Å². The lowest BCUT2D eigenvalue weighted by Crippen LogP contribution is -2.33. The van der Waals surface area contributed by atoms with Crippen molar-refractivity contribution in [2.24, 2.45) is 17.6 Å². The van der Waals surface area contributed by atoms with E-state index in [1.807, 2.05) is 0 Å². The van der Waals surface area contributed by atoms with Gasteiger partial charge in [0.1, 0.15) is 0 Å². The Hall–Kier alpha value is -0.0800. The molecule has 0 aromatic rings. The van der Waals surface area contributed by atoms with Gasteiger partial charge in [0.15, 0.2) is 0 Å². The average Bonchev–Trinajstić information content (AvgIpc) is 1.97. The quantitative estimate of drug-likeness (QED) is 0.639. The van der Waals surface area contributed by atoms with Crippen LogP contribution >= 0.6 is 0 Å². The standard InChI is InChI=1S/C10H24N2/c1-8(2)5-10(6-11)7-12-9(3)4/h8-10,12H,5-7,11H2,1-4H3. The van der Waals surface area contributed by atoms with Crippen LogP contribution in [-0.4, -0.2) is 19.1 Å². The van der Waals surface area contributed by atoms with Crippen LogP contribution in [0, 0.1) is 11.8 Å². The third-order valence-corrected chi connectivity index (χ3v) is 1.95. The van der Waals surface area contributed by atoms with Gasteiger partial charge in [-0.05, 0) is 31.3 Å². The monoisotopic (exact) mass is 172 g/mol. The lowest BCUT2D eigenvalue weighted by atomic mass is 9.97. The van der Waals surface area contributed by atoms with Gasteiger partial charge < -0.3 is 11.1 Å². The summed E-state index contributed by atoms with van der Waals surface area (Å²) >= 11 is 0. The summed E-state index contributed by atoms with van der Waals surface area (Å²) in [7, 11) is 0. The molecule has 0 aliphatic rings. The van der Waals surface area contributed by atoms with Crippen molar-refractivity contribution in [3.05, 3.63) is 0 Å². The number of hydrogen-bond acceptors (Lipinski definition) is 2.